The second kappa shape index (κ2) is 8.33. The van der Waals surface area contributed by atoms with E-state index in [4.69, 9.17) is 0 Å². The van der Waals surface area contributed by atoms with Gasteiger partial charge in [0.1, 0.15) is 6.34 Å². The summed E-state index contributed by atoms with van der Waals surface area (Å²) in [4.78, 5) is 9.31. The molecule has 0 spiro atoms. The minimum atomic E-state index is -0.774. The third-order valence-electron chi connectivity index (χ3n) is 5.30. The molecule has 0 aliphatic carbocycles. The lowest BCUT2D eigenvalue weighted by molar-refractivity contribution is 0.571. The fourth-order valence-electron chi connectivity index (χ4n) is 3.66. The van der Waals surface area contributed by atoms with Gasteiger partial charge in [-0.25, -0.2) is 4.99 Å². The van der Waals surface area contributed by atoms with Crippen LogP contribution in [0.15, 0.2) is 63.8 Å². The average Bonchev–Trinajstić information content (AvgIpc) is 3.22. The summed E-state index contributed by atoms with van der Waals surface area (Å²) in [5.41, 5.74) is 3.73. The number of anilines is 2. The number of azo groups is 1. The first-order valence-corrected chi connectivity index (χ1v) is 9.85. The van der Waals surface area contributed by atoms with E-state index in [0.717, 1.165) is 37.3 Å². The lowest BCUT2D eigenvalue weighted by Gasteiger charge is -2.26. The maximum absolute atomic E-state index is 4.65. The van der Waals surface area contributed by atoms with Crippen molar-refractivity contribution in [2.45, 2.75) is 33.4 Å². The van der Waals surface area contributed by atoms with E-state index >= 15 is 0 Å². The minimum Gasteiger partial charge on any atom is -0.372 e. The molecule has 27 heavy (non-hydrogen) atoms. The number of rotatable bonds is 8. The van der Waals surface area contributed by atoms with Crippen LogP contribution in [-0.4, -0.2) is 32.5 Å². The van der Waals surface area contributed by atoms with Gasteiger partial charge in [0.2, 0.25) is 5.66 Å². The third kappa shape index (κ3) is 3.59. The van der Waals surface area contributed by atoms with Gasteiger partial charge in [0.05, 0.1) is 0 Å². The lowest BCUT2D eigenvalue weighted by atomic mass is 9.92. The normalized spacial score (nSPS) is 14.5. The Morgan fingerprint density at radius 1 is 0.667 bits per heavy atom. The fourth-order valence-corrected chi connectivity index (χ4v) is 3.66. The summed E-state index contributed by atoms with van der Waals surface area (Å²) in [7, 11) is 0. The first-order chi connectivity index (χ1) is 13.2. The molecule has 5 heteroatoms. The van der Waals surface area contributed by atoms with Crippen LogP contribution in [0.25, 0.3) is 0 Å². The summed E-state index contributed by atoms with van der Waals surface area (Å²) in [6, 6.07) is 17.1. The molecule has 0 aromatic heterocycles. The highest BCUT2D eigenvalue weighted by Gasteiger charge is 2.36. The topological polar surface area (TPSA) is 43.6 Å². The van der Waals surface area contributed by atoms with E-state index in [9.17, 15) is 0 Å². The molecule has 3 rings (SSSR count). The molecular weight excluding hydrogens is 334 g/mol. The third-order valence-corrected chi connectivity index (χ3v) is 5.30. The summed E-state index contributed by atoms with van der Waals surface area (Å²) in [5, 5.41) is 8.59. The second-order valence-corrected chi connectivity index (χ2v) is 6.57. The summed E-state index contributed by atoms with van der Waals surface area (Å²) < 4.78 is 0. The molecule has 1 aliphatic rings. The van der Waals surface area contributed by atoms with Crippen molar-refractivity contribution in [1.82, 2.24) is 0 Å². The molecule has 5 nitrogen and oxygen atoms in total. The van der Waals surface area contributed by atoms with Gasteiger partial charge in [-0.05, 0) is 52.0 Å². The summed E-state index contributed by atoms with van der Waals surface area (Å²) in [6.07, 6.45) is 1.55. The highest BCUT2D eigenvalue weighted by atomic mass is 15.3. The highest BCUT2D eigenvalue weighted by Crippen LogP contribution is 2.39. The van der Waals surface area contributed by atoms with E-state index in [1.807, 2.05) is 0 Å². The quantitative estimate of drug-likeness (QED) is 0.657. The zero-order valence-corrected chi connectivity index (χ0v) is 16.8. The fraction of sp³-hybridized carbons (Fsp3) is 0.409. The van der Waals surface area contributed by atoms with Gasteiger partial charge < -0.3 is 9.80 Å². The van der Waals surface area contributed by atoms with Gasteiger partial charge in [-0.2, -0.15) is 0 Å². The Kier molecular flexibility index (Phi) is 5.89. The molecular formula is C22H29N5. The number of nitrogens with zero attached hydrogens (tertiary/aromatic N) is 5. The molecule has 142 valence electrons. The van der Waals surface area contributed by atoms with Crippen molar-refractivity contribution in [1.29, 1.82) is 0 Å². The molecule has 0 amide bonds. The number of hydrogen-bond donors (Lipinski definition) is 0. The molecule has 0 bridgehead atoms. The van der Waals surface area contributed by atoms with Crippen LogP contribution < -0.4 is 9.80 Å². The van der Waals surface area contributed by atoms with E-state index in [0.29, 0.717) is 0 Å². The predicted octanol–water partition coefficient (Wildman–Crippen LogP) is 5.07. The monoisotopic (exact) mass is 363 g/mol. The van der Waals surface area contributed by atoms with Crippen molar-refractivity contribution < 1.29 is 0 Å². The van der Waals surface area contributed by atoms with Crippen molar-refractivity contribution in [2.75, 3.05) is 36.0 Å². The lowest BCUT2D eigenvalue weighted by Crippen LogP contribution is -2.24. The van der Waals surface area contributed by atoms with Crippen molar-refractivity contribution in [3.8, 4) is 0 Å². The van der Waals surface area contributed by atoms with E-state index in [-0.39, 0.29) is 0 Å². The summed E-state index contributed by atoms with van der Waals surface area (Å²) >= 11 is 0. The molecule has 1 heterocycles. The Hall–Kier alpha value is -2.69. The van der Waals surface area contributed by atoms with Crippen molar-refractivity contribution in [3.63, 3.8) is 0 Å². The summed E-state index contributed by atoms with van der Waals surface area (Å²) in [5.74, 6) is 0. The Balaban J connectivity index is 1.95. The largest absolute Gasteiger partial charge is 0.372 e. The molecule has 0 unspecified atom stereocenters. The predicted molar refractivity (Wildman–Crippen MR) is 114 cm³/mol. The molecule has 2 aromatic rings. The number of benzene rings is 2. The zero-order valence-electron chi connectivity index (χ0n) is 16.8. The van der Waals surface area contributed by atoms with E-state index in [1.165, 1.54) is 11.4 Å². The van der Waals surface area contributed by atoms with Gasteiger partial charge in [0, 0.05) is 48.7 Å². The van der Waals surface area contributed by atoms with E-state index in [1.54, 1.807) is 6.34 Å². The Morgan fingerprint density at radius 2 is 1.07 bits per heavy atom. The zero-order chi connectivity index (χ0) is 19.3. The Bertz CT molecular complexity index is 715. The minimum absolute atomic E-state index is 0.774. The first kappa shape index (κ1) is 19.1. The maximum Gasteiger partial charge on any atom is 0.223 e. The van der Waals surface area contributed by atoms with Crippen molar-refractivity contribution in [2.24, 2.45) is 15.2 Å². The van der Waals surface area contributed by atoms with Crippen LogP contribution in [0.2, 0.25) is 0 Å². The summed E-state index contributed by atoms with van der Waals surface area (Å²) in [6.45, 7) is 12.7. The first-order valence-electron chi connectivity index (χ1n) is 9.85. The average molecular weight is 364 g/mol. The Morgan fingerprint density at radius 3 is 1.37 bits per heavy atom. The molecule has 0 N–H and O–H groups in total. The van der Waals surface area contributed by atoms with Gasteiger partial charge in [0.25, 0.3) is 0 Å². The molecule has 1 aliphatic heterocycles. The van der Waals surface area contributed by atoms with Gasteiger partial charge >= 0.3 is 0 Å². The van der Waals surface area contributed by atoms with Crippen LogP contribution in [-0.2, 0) is 5.66 Å². The number of aliphatic imine (C=N–C) groups is 1. The van der Waals surface area contributed by atoms with Gasteiger partial charge in [-0.1, -0.05) is 24.3 Å². The van der Waals surface area contributed by atoms with Crippen LogP contribution >= 0.6 is 0 Å². The molecule has 0 atom stereocenters. The van der Waals surface area contributed by atoms with Gasteiger partial charge in [-0.3, -0.25) is 0 Å². The molecule has 0 radical (unpaired) electrons. The second-order valence-electron chi connectivity index (χ2n) is 6.57. The molecule has 0 fully saturated rings. The van der Waals surface area contributed by atoms with E-state index in [2.05, 4.69) is 101 Å². The van der Waals surface area contributed by atoms with Crippen LogP contribution in [0.1, 0.15) is 38.8 Å². The smallest absolute Gasteiger partial charge is 0.223 e. The molecule has 0 saturated heterocycles. The highest BCUT2D eigenvalue weighted by molar-refractivity contribution is 5.62. The van der Waals surface area contributed by atoms with Gasteiger partial charge in [-0.15, -0.1) is 10.2 Å². The molecule has 2 aromatic carbocycles. The van der Waals surface area contributed by atoms with Crippen LogP contribution in [0.4, 0.5) is 11.4 Å². The van der Waals surface area contributed by atoms with Crippen molar-refractivity contribution in [3.05, 3.63) is 59.7 Å². The van der Waals surface area contributed by atoms with E-state index < -0.39 is 5.66 Å². The standard InChI is InChI=1S/C22H29N5/c1-5-26(6-2)20-13-9-18(10-14-20)22(23-17-24-25-22)19-11-15-21(16-12-19)27(7-3)8-4/h9-17H,5-8H2,1-4H3. The van der Waals surface area contributed by atoms with Crippen LogP contribution in [0, 0.1) is 0 Å². The van der Waals surface area contributed by atoms with Crippen molar-refractivity contribution >= 4 is 17.7 Å². The SMILES string of the molecule is CCN(CC)c1ccc(C2(c3ccc(N(CC)CC)cc3)N=CN=N2)cc1. The maximum atomic E-state index is 4.65. The number of hydrogen-bond acceptors (Lipinski definition) is 5. The molecule has 0 saturated carbocycles. The van der Waals surface area contributed by atoms with Crippen LogP contribution in [0.5, 0.6) is 0 Å². The Labute approximate surface area is 162 Å². The van der Waals surface area contributed by atoms with Crippen LogP contribution in [0.3, 0.4) is 0 Å². The van der Waals surface area contributed by atoms with Gasteiger partial charge in [0.15, 0.2) is 0 Å².